The van der Waals surface area contributed by atoms with Gasteiger partial charge in [0.15, 0.2) is 0 Å². The Labute approximate surface area is 131 Å². The highest BCUT2D eigenvalue weighted by atomic mass is 16.5. The maximum absolute atomic E-state index is 5.75. The van der Waals surface area contributed by atoms with E-state index in [-0.39, 0.29) is 0 Å². The lowest BCUT2D eigenvalue weighted by Gasteiger charge is -2.14. The summed E-state index contributed by atoms with van der Waals surface area (Å²) in [6, 6.07) is 22.7. The largest absolute Gasteiger partial charge is 0.478 e. The van der Waals surface area contributed by atoms with Crippen LogP contribution in [-0.2, 0) is 0 Å². The molecule has 0 unspecified atom stereocenters. The standard InChI is InChI=1S/C20H19NO/c1-3-22-20-15(2)18(16-10-6-4-7-11-16)14-19(21-20)17-12-8-5-9-13-17/h4-14H,3H2,1-2H3. The van der Waals surface area contributed by atoms with Gasteiger partial charge in [-0.05, 0) is 31.0 Å². The SMILES string of the molecule is CCOc1nc(-c2ccccc2)cc(-c2ccccc2)c1C. The Kier molecular flexibility index (Phi) is 4.19. The average Bonchev–Trinajstić information content (AvgIpc) is 2.58. The topological polar surface area (TPSA) is 22.1 Å². The lowest BCUT2D eigenvalue weighted by molar-refractivity contribution is 0.325. The van der Waals surface area contributed by atoms with Crippen LogP contribution in [0.3, 0.4) is 0 Å². The van der Waals surface area contributed by atoms with Crippen LogP contribution in [0.5, 0.6) is 5.88 Å². The summed E-state index contributed by atoms with van der Waals surface area (Å²) in [5, 5.41) is 0. The highest BCUT2D eigenvalue weighted by molar-refractivity contribution is 5.74. The molecule has 0 spiro atoms. The summed E-state index contributed by atoms with van der Waals surface area (Å²) in [5.41, 5.74) is 5.46. The molecule has 0 N–H and O–H groups in total. The Morgan fingerprint density at radius 2 is 1.45 bits per heavy atom. The Hall–Kier alpha value is -2.61. The molecular weight excluding hydrogens is 270 g/mol. The first-order valence-electron chi connectivity index (χ1n) is 7.55. The average molecular weight is 289 g/mol. The van der Waals surface area contributed by atoms with Gasteiger partial charge < -0.3 is 4.74 Å². The van der Waals surface area contributed by atoms with Crippen molar-refractivity contribution in [3.8, 4) is 28.3 Å². The second kappa shape index (κ2) is 6.44. The summed E-state index contributed by atoms with van der Waals surface area (Å²) in [5.74, 6) is 0.711. The van der Waals surface area contributed by atoms with Crippen molar-refractivity contribution < 1.29 is 4.74 Å². The van der Waals surface area contributed by atoms with Crippen molar-refractivity contribution in [2.24, 2.45) is 0 Å². The van der Waals surface area contributed by atoms with Crippen molar-refractivity contribution in [2.45, 2.75) is 13.8 Å². The molecule has 2 nitrogen and oxygen atoms in total. The van der Waals surface area contributed by atoms with E-state index in [9.17, 15) is 0 Å². The second-order valence-electron chi connectivity index (χ2n) is 5.15. The molecule has 3 rings (SSSR count). The molecular formula is C20H19NO. The number of rotatable bonds is 4. The molecule has 0 aliphatic carbocycles. The predicted octanol–water partition coefficient (Wildman–Crippen LogP) is 5.12. The van der Waals surface area contributed by atoms with E-state index in [0.717, 1.165) is 22.4 Å². The van der Waals surface area contributed by atoms with Crippen LogP contribution in [0.4, 0.5) is 0 Å². The van der Waals surface area contributed by atoms with Gasteiger partial charge in [0, 0.05) is 11.1 Å². The van der Waals surface area contributed by atoms with E-state index < -0.39 is 0 Å². The maximum Gasteiger partial charge on any atom is 0.217 e. The first kappa shape index (κ1) is 14.3. The van der Waals surface area contributed by atoms with Gasteiger partial charge in [0.05, 0.1) is 12.3 Å². The summed E-state index contributed by atoms with van der Waals surface area (Å²) in [6.45, 7) is 4.66. The van der Waals surface area contributed by atoms with Gasteiger partial charge in [-0.2, -0.15) is 0 Å². The van der Waals surface area contributed by atoms with Gasteiger partial charge in [-0.1, -0.05) is 60.7 Å². The molecule has 22 heavy (non-hydrogen) atoms. The quantitative estimate of drug-likeness (QED) is 0.665. The number of nitrogens with zero attached hydrogens (tertiary/aromatic N) is 1. The van der Waals surface area contributed by atoms with Crippen LogP contribution in [0.15, 0.2) is 66.7 Å². The monoisotopic (exact) mass is 289 g/mol. The molecule has 110 valence electrons. The van der Waals surface area contributed by atoms with E-state index in [1.807, 2.05) is 31.2 Å². The normalized spacial score (nSPS) is 10.5. The van der Waals surface area contributed by atoms with E-state index in [1.165, 1.54) is 5.56 Å². The third-order valence-corrected chi connectivity index (χ3v) is 3.66. The number of hydrogen-bond acceptors (Lipinski definition) is 2. The third-order valence-electron chi connectivity index (χ3n) is 3.66. The fraction of sp³-hybridized carbons (Fsp3) is 0.150. The van der Waals surface area contributed by atoms with Gasteiger partial charge in [-0.25, -0.2) is 4.98 Å². The van der Waals surface area contributed by atoms with Crippen LogP contribution in [0, 0.1) is 6.92 Å². The molecule has 0 saturated heterocycles. The van der Waals surface area contributed by atoms with Crippen molar-refractivity contribution in [2.75, 3.05) is 6.61 Å². The molecule has 0 aliphatic heterocycles. The summed E-state index contributed by atoms with van der Waals surface area (Å²) >= 11 is 0. The highest BCUT2D eigenvalue weighted by Crippen LogP contribution is 2.33. The third kappa shape index (κ3) is 2.86. The molecule has 0 bridgehead atoms. The smallest absolute Gasteiger partial charge is 0.217 e. The van der Waals surface area contributed by atoms with Crippen molar-refractivity contribution in [3.05, 3.63) is 72.3 Å². The Balaban J connectivity index is 2.19. The molecule has 0 radical (unpaired) electrons. The second-order valence-corrected chi connectivity index (χ2v) is 5.15. The van der Waals surface area contributed by atoms with Crippen LogP contribution in [0.2, 0.25) is 0 Å². The molecule has 2 heteroatoms. The number of benzene rings is 2. The van der Waals surface area contributed by atoms with Gasteiger partial charge in [-0.15, -0.1) is 0 Å². The number of aromatic nitrogens is 1. The Morgan fingerprint density at radius 3 is 2.05 bits per heavy atom. The van der Waals surface area contributed by atoms with E-state index in [4.69, 9.17) is 9.72 Å². The first-order valence-corrected chi connectivity index (χ1v) is 7.55. The minimum absolute atomic E-state index is 0.611. The number of hydrogen-bond donors (Lipinski definition) is 0. The zero-order valence-corrected chi connectivity index (χ0v) is 12.9. The van der Waals surface area contributed by atoms with E-state index in [0.29, 0.717) is 12.5 Å². The van der Waals surface area contributed by atoms with Crippen LogP contribution in [-0.4, -0.2) is 11.6 Å². The summed E-state index contributed by atoms with van der Waals surface area (Å²) in [7, 11) is 0. The van der Waals surface area contributed by atoms with Gasteiger partial charge in [0.2, 0.25) is 5.88 Å². The van der Waals surface area contributed by atoms with Gasteiger partial charge in [0.1, 0.15) is 0 Å². The summed E-state index contributed by atoms with van der Waals surface area (Å²) in [6.07, 6.45) is 0. The fourth-order valence-corrected chi connectivity index (χ4v) is 2.54. The Bertz CT molecular complexity index is 751. The maximum atomic E-state index is 5.75. The van der Waals surface area contributed by atoms with Gasteiger partial charge in [0.25, 0.3) is 0 Å². The molecule has 3 aromatic rings. The highest BCUT2D eigenvalue weighted by Gasteiger charge is 2.12. The van der Waals surface area contributed by atoms with E-state index in [2.05, 4.69) is 49.4 Å². The molecule has 0 amide bonds. The first-order chi connectivity index (χ1) is 10.8. The molecule has 0 fully saturated rings. The summed E-state index contributed by atoms with van der Waals surface area (Å²) in [4.78, 5) is 4.70. The number of ether oxygens (including phenoxy) is 1. The molecule has 0 aliphatic rings. The van der Waals surface area contributed by atoms with Crippen LogP contribution < -0.4 is 4.74 Å². The number of pyridine rings is 1. The molecule has 0 atom stereocenters. The Morgan fingerprint density at radius 1 is 0.864 bits per heavy atom. The molecule has 2 aromatic carbocycles. The van der Waals surface area contributed by atoms with Crippen LogP contribution >= 0.6 is 0 Å². The predicted molar refractivity (Wildman–Crippen MR) is 91.0 cm³/mol. The van der Waals surface area contributed by atoms with E-state index >= 15 is 0 Å². The van der Waals surface area contributed by atoms with Crippen molar-refractivity contribution in [1.29, 1.82) is 0 Å². The van der Waals surface area contributed by atoms with Crippen molar-refractivity contribution >= 4 is 0 Å². The zero-order chi connectivity index (χ0) is 15.4. The zero-order valence-electron chi connectivity index (χ0n) is 12.9. The minimum atomic E-state index is 0.611. The van der Waals surface area contributed by atoms with Crippen LogP contribution in [0.1, 0.15) is 12.5 Å². The fourth-order valence-electron chi connectivity index (χ4n) is 2.54. The van der Waals surface area contributed by atoms with Crippen molar-refractivity contribution in [3.63, 3.8) is 0 Å². The van der Waals surface area contributed by atoms with Crippen LogP contribution in [0.25, 0.3) is 22.4 Å². The molecule has 1 aromatic heterocycles. The lowest BCUT2D eigenvalue weighted by atomic mass is 9.99. The minimum Gasteiger partial charge on any atom is -0.478 e. The molecule has 1 heterocycles. The molecule has 0 saturated carbocycles. The van der Waals surface area contributed by atoms with E-state index in [1.54, 1.807) is 0 Å². The summed E-state index contributed by atoms with van der Waals surface area (Å²) < 4.78 is 5.75. The van der Waals surface area contributed by atoms with Crippen molar-refractivity contribution in [1.82, 2.24) is 4.98 Å². The van der Waals surface area contributed by atoms with Gasteiger partial charge in [-0.3, -0.25) is 0 Å². The lowest BCUT2D eigenvalue weighted by Crippen LogP contribution is -2.00. The van der Waals surface area contributed by atoms with Gasteiger partial charge >= 0.3 is 0 Å².